The third-order valence-electron chi connectivity index (χ3n) is 3.16. The Bertz CT molecular complexity index is 502. The summed E-state index contributed by atoms with van der Waals surface area (Å²) in [6, 6.07) is -0.698. The normalized spacial score (nSPS) is 14.4. The summed E-state index contributed by atoms with van der Waals surface area (Å²) >= 11 is 0. The molecule has 0 aliphatic carbocycles. The average Bonchev–Trinajstić information content (AvgIpc) is 2.78. The molecule has 0 saturated carbocycles. The van der Waals surface area contributed by atoms with Crippen molar-refractivity contribution in [2.45, 2.75) is 59.6 Å². The van der Waals surface area contributed by atoms with E-state index in [1.807, 2.05) is 13.8 Å². The van der Waals surface area contributed by atoms with Gasteiger partial charge in [0.1, 0.15) is 23.0 Å². The topological polar surface area (TPSA) is 81.4 Å². The fourth-order valence-electron chi connectivity index (χ4n) is 1.77. The highest BCUT2D eigenvalue weighted by atomic mass is 16.6. The number of nitrogens with zero attached hydrogens (tertiary/aromatic N) is 1. The number of aryl methyl sites for hydroxylation is 1. The molecule has 1 aromatic heterocycles. The molecule has 1 heterocycles. The minimum absolute atomic E-state index is 0.0380. The highest BCUT2D eigenvalue weighted by molar-refractivity contribution is 5.97. The Kier molecular flexibility index (Phi) is 5.52. The van der Waals surface area contributed by atoms with E-state index < -0.39 is 17.6 Å². The molecule has 0 bridgehead atoms. The maximum absolute atomic E-state index is 12.3. The zero-order chi connectivity index (χ0) is 16.2. The Morgan fingerprint density at radius 3 is 2.48 bits per heavy atom. The molecular weight excluding hydrogens is 272 g/mol. The smallest absolute Gasteiger partial charge is 0.329 e. The number of hydrogen-bond donors (Lipinski definition) is 1. The largest absolute Gasteiger partial charge is 0.458 e. The first-order valence-corrected chi connectivity index (χ1v) is 7.10. The second-order valence-electron chi connectivity index (χ2n) is 6.17. The lowest BCUT2D eigenvalue weighted by Crippen LogP contribution is -2.47. The zero-order valence-corrected chi connectivity index (χ0v) is 13.5. The van der Waals surface area contributed by atoms with Crippen LogP contribution in [0.2, 0.25) is 0 Å². The number of esters is 1. The molecule has 6 heteroatoms. The van der Waals surface area contributed by atoms with Crippen LogP contribution in [0.1, 0.15) is 57.2 Å². The number of carbonyl (C=O) groups excluding carboxylic acids is 2. The van der Waals surface area contributed by atoms with Crippen LogP contribution in [-0.2, 0) is 9.53 Å². The van der Waals surface area contributed by atoms with Gasteiger partial charge in [-0.3, -0.25) is 4.79 Å². The van der Waals surface area contributed by atoms with Gasteiger partial charge in [-0.25, -0.2) is 4.79 Å². The Morgan fingerprint density at radius 1 is 1.43 bits per heavy atom. The molecule has 21 heavy (non-hydrogen) atoms. The summed E-state index contributed by atoms with van der Waals surface area (Å²) in [5.74, 6) is -0.437. The molecule has 1 N–H and O–H groups in total. The van der Waals surface area contributed by atoms with Gasteiger partial charge in [0, 0.05) is 0 Å². The Morgan fingerprint density at radius 2 is 2.05 bits per heavy atom. The van der Waals surface area contributed by atoms with Crippen molar-refractivity contribution in [3.05, 3.63) is 17.5 Å². The molecule has 1 rings (SSSR count). The van der Waals surface area contributed by atoms with Crippen molar-refractivity contribution in [2.75, 3.05) is 0 Å². The summed E-state index contributed by atoms with van der Waals surface area (Å²) in [7, 11) is 0. The highest BCUT2D eigenvalue weighted by Gasteiger charge is 2.31. The number of nitrogens with one attached hydrogen (secondary N) is 1. The maximum Gasteiger partial charge on any atom is 0.329 e. The lowest BCUT2D eigenvalue weighted by Gasteiger charge is -2.27. The van der Waals surface area contributed by atoms with Crippen molar-refractivity contribution < 1.29 is 18.8 Å². The number of carbonyl (C=O) groups is 2. The van der Waals surface area contributed by atoms with Gasteiger partial charge in [0.15, 0.2) is 0 Å². The number of aromatic nitrogens is 1. The highest BCUT2D eigenvalue weighted by Crippen LogP contribution is 2.16. The van der Waals surface area contributed by atoms with Gasteiger partial charge < -0.3 is 14.6 Å². The van der Waals surface area contributed by atoms with Crippen LogP contribution in [0.3, 0.4) is 0 Å². The molecular formula is C15H24N2O4. The molecule has 1 aromatic rings. The van der Waals surface area contributed by atoms with Gasteiger partial charge in [-0.05, 0) is 33.6 Å². The predicted molar refractivity (Wildman–Crippen MR) is 77.8 cm³/mol. The first kappa shape index (κ1) is 17.2. The Labute approximate surface area is 125 Å². The molecule has 0 radical (unpaired) electrons. The van der Waals surface area contributed by atoms with Gasteiger partial charge in [0.25, 0.3) is 5.91 Å². The van der Waals surface area contributed by atoms with Crippen LogP contribution in [0.5, 0.6) is 0 Å². The summed E-state index contributed by atoms with van der Waals surface area (Å²) in [5, 5.41) is 6.29. The summed E-state index contributed by atoms with van der Waals surface area (Å²) in [4.78, 5) is 24.5. The fraction of sp³-hybridized carbons (Fsp3) is 0.667. The van der Waals surface area contributed by atoms with Crippen LogP contribution in [0, 0.1) is 12.8 Å². The van der Waals surface area contributed by atoms with Crippen molar-refractivity contribution in [2.24, 2.45) is 5.92 Å². The van der Waals surface area contributed by atoms with E-state index in [4.69, 9.17) is 9.26 Å². The van der Waals surface area contributed by atoms with Gasteiger partial charge in [-0.2, -0.15) is 0 Å². The average molecular weight is 296 g/mol. The minimum atomic E-state index is -0.698. The number of amides is 1. The maximum atomic E-state index is 12.3. The van der Waals surface area contributed by atoms with Gasteiger partial charge >= 0.3 is 5.97 Å². The molecule has 0 unspecified atom stereocenters. The van der Waals surface area contributed by atoms with Crippen LogP contribution in [0.15, 0.2) is 10.7 Å². The third kappa shape index (κ3) is 4.88. The Hall–Kier alpha value is -1.85. The monoisotopic (exact) mass is 296 g/mol. The van der Waals surface area contributed by atoms with E-state index in [0.717, 1.165) is 6.42 Å². The Balaban J connectivity index is 2.87. The fourth-order valence-corrected chi connectivity index (χ4v) is 1.77. The molecule has 1 amide bonds. The minimum Gasteiger partial charge on any atom is -0.458 e. The summed E-state index contributed by atoms with van der Waals surface area (Å²) < 4.78 is 10.2. The lowest BCUT2D eigenvalue weighted by atomic mass is 9.98. The first-order valence-electron chi connectivity index (χ1n) is 7.10. The van der Waals surface area contributed by atoms with Crippen LogP contribution < -0.4 is 5.32 Å². The van der Waals surface area contributed by atoms with Crippen LogP contribution in [0.25, 0.3) is 0 Å². The molecule has 0 saturated heterocycles. The van der Waals surface area contributed by atoms with Crippen molar-refractivity contribution in [3.8, 4) is 0 Å². The van der Waals surface area contributed by atoms with Crippen molar-refractivity contribution in [3.63, 3.8) is 0 Å². The van der Waals surface area contributed by atoms with Crippen LogP contribution in [0.4, 0.5) is 0 Å². The lowest BCUT2D eigenvalue weighted by molar-refractivity contribution is -0.158. The summed E-state index contributed by atoms with van der Waals surface area (Å²) in [6.07, 6.45) is 2.08. The second-order valence-corrected chi connectivity index (χ2v) is 6.17. The predicted octanol–water partition coefficient (Wildman–Crippen LogP) is 2.47. The zero-order valence-electron chi connectivity index (χ0n) is 13.5. The molecule has 6 nitrogen and oxygen atoms in total. The van der Waals surface area contributed by atoms with E-state index >= 15 is 0 Å². The van der Waals surface area contributed by atoms with Crippen molar-refractivity contribution >= 4 is 11.9 Å². The molecule has 2 atom stereocenters. The standard InChI is InChI=1S/C15H24N2O4/c1-7-9(2)12(14(19)20-15(4,5)6)17-13(18)11-8-16-21-10(11)3/h8-9,12H,7H2,1-6H3,(H,17,18)/t9-,12-/m0/s1. The van der Waals surface area contributed by atoms with Crippen molar-refractivity contribution in [1.29, 1.82) is 0 Å². The third-order valence-corrected chi connectivity index (χ3v) is 3.16. The SMILES string of the molecule is CC[C@H](C)[C@H](NC(=O)c1cnoc1C)C(=O)OC(C)(C)C. The van der Waals surface area contributed by atoms with Gasteiger partial charge in [0.2, 0.25) is 0 Å². The number of ether oxygens (including phenoxy) is 1. The molecule has 0 aliphatic heterocycles. The summed E-state index contributed by atoms with van der Waals surface area (Å²) in [6.45, 7) is 10.9. The number of hydrogen-bond acceptors (Lipinski definition) is 5. The van der Waals surface area contributed by atoms with Gasteiger partial charge in [-0.15, -0.1) is 0 Å². The van der Waals surface area contributed by atoms with E-state index in [9.17, 15) is 9.59 Å². The molecule has 118 valence electrons. The molecule has 0 aromatic carbocycles. The van der Waals surface area contributed by atoms with Gasteiger partial charge in [0.05, 0.1) is 6.20 Å². The number of rotatable bonds is 5. The van der Waals surface area contributed by atoms with Crippen LogP contribution in [-0.4, -0.2) is 28.7 Å². The molecule has 0 spiro atoms. The second kappa shape index (κ2) is 6.74. The van der Waals surface area contributed by atoms with E-state index in [1.54, 1.807) is 27.7 Å². The quantitative estimate of drug-likeness (QED) is 0.844. The van der Waals surface area contributed by atoms with E-state index in [0.29, 0.717) is 11.3 Å². The van der Waals surface area contributed by atoms with E-state index in [2.05, 4.69) is 10.5 Å². The van der Waals surface area contributed by atoms with E-state index in [-0.39, 0.29) is 11.8 Å². The first-order chi connectivity index (χ1) is 9.65. The van der Waals surface area contributed by atoms with Gasteiger partial charge in [-0.1, -0.05) is 25.4 Å². The van der Waals surface area contributed by atoms with Crippen molar-refractivity contribution in [1.82, 2.24) is 10.5 Å². The summed E-state index contributed by atoms with van der Waals surface area (Å²) in [5.41, 5.74) is -0.271. The van der Waals surface area contributed by atoms with E-state index in [1.165, 1.54) is 6.20 Å². The molecule has 0 fully saturated rings. The molecule has 0 aliphatic rings. The van der Waals surface area contributed by atoms with Crippen LogP contribution >= 0.6 is 0 Å².